The average Bonchev–Trinajstić information content (AvgIpc) is 2.46. The topological polar surface area (TPSA) is 66.9 Å². The van der Waals surface area contributed by atoms with Gasteiger partial charge in [0.2, 0.25) is 0 Å². The minimum atomic E-state index is -0.195. The normalized spacial score (nSPS) is 9.95. The quantitative estimate of drug-likeness (QED) is 0.862. The van der Waals surface area contributed by atoms with Crippen LogP contribution in [0.5, 0.6) is 0 Å². The molecule has 2 aromatic heterocycles. The number of anilines is 2. The standard InChI is InChI=1S/C14H16N4O/c1-2-6-17-13-5-8-16-10-12(13)14(19)18-11-4-3-7-15-9-11/h3-5,7-10H,2,6H2,1H3,(H,16,17)(H,18,19). The van der Waals surface area contributed by atoms with E-state index in [1.54, 1.807) is 43.0 Å². The molecule has 0 aromatic carbocycles. The molecule has 0 aliphatic heterocycles. The first-order valence-electron chi connectivity index (χ1n) is 6.20. The summed E-state index contributed by atoms with van der Waals surface area (Å²) in [6, 6.07) is 5.36. The Morgan fingerprint density at radius 1 is 1.21 bits per heavy atom. The van der Waals surface area contributed by atoms with Gasteiger partial charge in [0.1, 0.15) is 0 Å². The first-order chi connectivity index (χ1) is 9.31. The van der Waals surface area contributed by atoms with E-state index >= 15 is 0 Å². The number of pyridine rings is 2. The lowest BCUT2D eigenvalue weighted by Crippen LogP contribution is -2.15. The summed E-state index contributed by atoms with van der Waals surface area (Å²) in [5, 5.41) is 6.01. The highest BCUT2D eigenvalue weighted by atomic mass is 16.1. The van der Waals surface area contributed by atoms with E-state index in [0.29, 0.717) is 11.3 Å². The number of carbonyl (C=O) groups is 1. The van der Waals surface area contributed by atoms with Crippen LogP contribution >= 0.6 is 0 Å². The summed E-state index contributed by atoms with van der Waals surface area (Å²) in [6.45, 7) is 2.89. The van der Waals surface area contributed by atoms with Crippen molar-refractivity contribution in [1.82, 2.24) is 9.97 Å². The largest absolute Gasteiger partial charge is 0.384 e. The Morgan fingerprint density at radius 2 is 2.05 bits per heavy atom. The van der Waals surface area contributed by atoms with E-state index in [2.05, 4.69) is 27.5 Å². The summed E-state index contributed by atoms with van der Waals surface area (Å²) in [5.74, 6) is -0.195. The number of carbonyl (C=O) groups excluding carboxylic acids is 1. The van der Waals surface area contributed by atoms with Crippen LogP contribution in [0.4, 0.5) is 11.4 Å². The fourth-order valence-electron chi connectivity index (χ4n) is 1.62. The van der Waals surface area contributed by atoms with Gasteiger partial charge in [-0.05, 0) is 24.6 Å². The lowest BCUT2D eigenvalue weighted by molar-refractivity contribution is 0.102. The molecule has 1 amide bonds. The fourth-order valence-corrected chi connectivity index (χ4v) is 1.62. The van der Waals surface area contributed by atoms with E-state index in [9.17, 15) is 4.79 Å². The van der Waals surface area contributed by atoms with Crippen LogP contribution in [0.3, 0.4) is 0 Å². The zero-order valence-corrected chi connectivity index (χ0v) is 10.8. The van der Waals surface area contributed by atoms with Crippen LogP contribution in [-0.2, 0) is 0 Å². The van der Waals surface area contributed by atoms with Gasteiger partial charge < -0.3 is 10.6 Å². The van der Waals surface area contributed by atoms with Gasteiger partial charge in [0.15, 0.2) is 0 Å². The van der Waals surface area contributed by atoms with Crippen LogP contribution < -0.4 is 10.6 Å². The predicted octanol–water partition coefficient (Wildman–Crippen LogP) is 2.55. The highest BCUT2D eigenvalue weighted by Crippen LogP contribution is 2.15. The smallest absolute Gasteiger partial charge is 0.259 e. The SMILES string of the molecule is CCCNc1ccncc1C(=O)Nc1cccnc1. The Bertz CT molecular complexity index is 542. The van der Waals surface area contributed by atoms with E-state index in [-0.39, 0.29) is 5.91 Å². The molecule has 19 heavy (non-hydrogen) atoms. The minimum absolute atomic E-state index is 0.195. The van der Waals surface area contributed by atoms with Gasteiger partial charge in [-0.15, -0.1) is 0 Å². The molecule has 0 bridgehead atoms. The molecule has 0 aliphatic rings. The molecule has 2 aromatic rings. The molecule has 2 rings (SSSR count). The first kappa shape index (κ1) is 13.0. The van der Waals surface area contributed by atoms with Crippen LogP contribution in [0.15, 0.2) is 43.0 Å². The summed E-state index contributed by atoms with van der Waals surface area (Å²) >= 11 is 0. The van der Waals surface area contributed by atoms with Gasteiger partial charge in [0.25, 0.3) is 5.91 Å². The Labute approximate surface area is 112 Å². The number of nitrogens with zero attached hydrogens (tertiary/aromatic N) is 2. The lowest BCUT2D eigenvalue weighted by Gasteiger charge is -2.10. The molecule has 0 saturated heterocycles. The minimum Gasteiger partial charge on any atom is -0.384 e. The van der Waals surface area contributed by atoms with Crippen molar-refractivity contribution in [3.8, 4) is 0 Å². The third-order valence-corrected chi connectivity index (χ3v) is 2.55. The molecule has 0 aliphatic carbocycles. The summed E-state index contributed by atoms with van der Waals surface area (Å²) < 4.78 is 0. The number of hydrogen-bond acceptors (Lipinski definition) is 4. The van der Waals surface area contributed by atoms with Crippen LogP contribution in [0.25, 0.3) is 0 Å². The van der Waals surface area contributed by atoms with E-state index in [1.165, 1.54) is 0 Å². The molecule has 0 fully saturated rings. The average molecular weight is 256 g/mol. The number of rotatable bonds is 5. The maximum atomic E-state index is 12.2. The molecule has 0 unspecified atom stereocenters. The molecule has 0 radical (unpaired) electrons. The highest BCUT2D eigenvalue weighted by molar-refractivity contribution is 6.07. The van der Waals surface area contributed by atoms with Crippen LogP contribution in [0, 0.1) is 0 Å². The second kappa shape index (κ2) is 6.49. The van der Waals surface area contributed by atoms with Crippen molar-refractivity contribution in [3.63, 3.8) is 0 Å². The Hall–Kier alpha value is -2.43. The van der Waals surface area contributed by atoms with Crippen molar-refractivity contribution in [1.29, 1.82) is 0 Å². The Morgan fingerprint density at radius 3 is 2.79 bits per heavy atom. The molecule has 5 nitrogen and oxygen atoms in total. The van der Waals surface area contributed by atoms with Crippen LogP contribution in [0.2, 0.25) is 0 Å². The molecule has 98 valence electrons. The van der Waals surface area contributed by atoms with E-state index in [0.717, 1.165) is 18.7 Å². The van der Waals surface area contributed by atoms with E-state index in [1.807, 2.05) is 0 Å². The summed E-state index contributed by atoms with van der Waals surface area (Å²) in [6.07, 6.45) is 7.48. The summed E-state index contributed by atoms with van der Waals surface area (Å²) in [4.78, 5) is 20.1. The molecule has 0 spiro atoms. The van der Waals surface area contributed by atoms with E-state index in [4.69, 9.17) is 0 Å². The third-order valence-electron chi connectivity index (χ3n) is 2.55. The van der Waals surface area contributed by atoms with Crippen molar-refractivity contribution < 1.29 is 4.79 Å². The monoisotopic (exact) mass is 256 g/mol. The van der Waals surface area contributed by atoms with Gasteiger partial charge in [-0.25, -0.2) is 0 Å². The Balaban J connectivity index is 2.14. The van der Waals surface area contributed by atoms with Crippen molar-refractivity contribution in [3.05, 3.63) is 48.5 Å². The molecule has 2 N–H and O–H groups in total. The Kier molecular flexibility index (Phi) is 4.44. The number of hydrogen-bond donors (Lipinski definition) is 2. The van der Waals surface area contributed by atoms with E-state index < -0.39 is 0 Å². The van der Waals surface area contributed by atoms with Crippen molar-refractivity contribution in [2.45, 2.75) is 13.3 Å². The fraction of sp³-hybridized carbons (Fsp3) is 0.214. The molecule has 0 atom stereocenters. The van der Waals surface area contributed by atoms with Gasteiger partial charge in [0, 0.05) is 25.1 Å². The molecule has 5 heteroatoms. The summed E-state index contributed by atoms with van der Waals surface area (Å²) in [5.41, 5.74) is 1.98. The van der Waals surface area contributed by atoms with Gasteiger partial charge in [-0.2, -0.15) is 0 Å². The summed E-state index contributed by atoms with van der Waals surface area (Å²) in [7, 11) is 0. The second-order valence-corrected chi connectivity index (χ2v) is 4.04. The second-order valence-electron chi connectivity index (χ2n) is 4.04. The van der Waals surface area contributed by atoms with Crippen molar-refractivity contribution in [2.24, 2.45) is 0 Å². The third kappa shape index (κ3) is 3.51. The van der Waals surface area contributed by atoms with Crippen LogP contribution in [-0.4, -0.2) is 22.4 Å². The highest BCUT2D eigenvalue weighted by Gasteiger charge is 2.11. The van der Waals surface area contributed by atoms with Gasteiger partial charge in [-0.3, -0.25) is 14.8 Å². The number of amides is 1. The zero-order chi connectivity index (χ0) is 13.5. The zero-order valence-electron chi connectivity index (χ0n) is 10.8. The first-order valence-corrected chi connectivity index (χ1v) is 6.20. The molecule has 2 heterocycles. The maximum absolute atomic E-state index is 12.2. The van der Waals surface area contributed by atoms with Crippen molar-refractivity contribution >= 4 is 17.3 Å². The van der Waals surface area contributed by atoms with Gasteiger partial charge in [0.05, 0.1) is 23.1 Å². The number of aromatic nitrogens is 2. The molecular formula is C14H16N4O. The molecule has 0 saturated carbocycles. The number of nitrogens with one attached hydrogen (secondary N) is 2. The van der Waals surface area contributed by atoms with Crippen LogP contribution in [0.1, 0.15) is 23.7 Å². The predicted molar refractivity (Wildman–Crippen MR) is 75.2 cm³/mol. The van der Waals surface area contributed by atoms with Gasteiger partial charge >= 0.3 is 0 Å². The molecular weight excluding hydrogens is 240 g/mol. The lowest BCUT2D eigenvalue weighted by atomic mass is 10.2. The van der Waals surface area contributed by atoms with Crippen molar-refractivity contribution in [2.75, 3.05) is 17.2 Å². The van der Waals surface area contributed by atoms with Gasteiger partial charge in [-0.1, -0.05) is 6.92 Å². The maximum Gasteiger partial charge on any atom is 0.259 e.